The molecule has 18 heteroatoms. The van der Waals surface area contributed by atoms with E-state index in [2.05, 4.69) is 82.3 Å². The van der Waals surface area contributed by atoms with Crippen LogP contribution in [-0.4, -0.2) is 120 Å². The molecule has 2 aliphatic heterocycles. The highest BCUT2D eigenvalue weighted by atomic mass is 79.9. The van der Waals surface area contributed by atoms with Gasteiger partial charge in [-0.25, -0.2) is 9.78 Å². The monoisotopic (exact) mass is 821 g/mol. The molecule has 3 aromatic heterocycles. The summed E-state index contributed by atoms with van der Waals surface area (Å²) in [5, 5.41) is 14.5. The van der Waals surface area contributed by atoms with Crippen molar-refractivity contribution in [2.75, 3.05) is 82.3 Å². The van der Waals surface area contributed by atoms with Crippen LogP contribution in [-0.2, 0) is 15.8 Å². The van der Waals surface area contributed by atoms with E-state index in [0.717, 1.165) is 44.0 Å². The Morgan fingerprint density at radius 3 is 2.32 bits per heavy atom. The van der Waals surface area contributed by atoms with Gasteiger partial charge in [0.2, 0.25) is 5.95 Å². The predicted octanol–water partition coefficient (Wildman–Crippen LogP) is 6.34. The van der Waals surface area contributed by atoms with Crippen molar-refractivity contribution in [3.8, 4) is 5.75 Å². The fourth-order valence-corrected chi connectivity index (χ4v) is 8.19. The van der Waals surface area contributed by atoms with E-state index < -0.39 is 19.3 Å². The number of rotatable bonds is 9. The van der Waals surface area contributed by atoms with Crippen molar-refractivity contribution < 1.29 is 32.4 Å². The Hall–Kier alpha value is -4.05. The summed E-state index contributed by atoms with van der Waals surface area (Å²) < 4.78 is 51.7. The van der Waals surface area contributed by atoms with Gasteiger partial charge >= 0.3 is 12.1 Å². The minimum atomic E-state index is -5.08. The van der Waals surface area contributed by atoms with Gasteiger partial charge in [-0.2, -0.15) is 18.2 Å². The van der Waals surface area contributed by atoms with Gasteiger partial charge in [0.1, 0.15) is 24.2 Å². The highest BCUT2D eigenvalue weighted by Crippen LogP contribution is 2.41. The molecule has 0 aliphatic carbocycles. The van der Waals surface area contributed by atoms with Gasteiger partial charge in [0.15, 0.2) is 0 Å². The molecule has 2 aliphatic rings. The number of nitrogens with zero attached hydrogens (tertiary/aromatic N) is 7. The van der Waals surface area contributed by atoms with Crippen LogP contribution in [0.25, 0.3) is 11.0 Å². The molecule has 13 nitrogen and oxygen atoms in total. The van der Waals surface area contributed by atoms with E-state index in [1.54, 1.807) is 39.0 Å². The molecule has 286 valence electrons. The van der Waals surface area contributed by atoms with Crippen LogP contribution < -0.4 is 25.6 Å². The number of ether oxygens (including phenoxy) is 1. The number of methoxy groups -OCH3 is 1. The Bertz CT molecular complexity index is 1970. The first kappa shape index (κ1) is 40.1. The fourth-order valence-electron chi connectivity index (χ4n) is 6.52. The van der Waals surface area contributed by atoms with Gasteiger partial charge in [0, 0.05) is 69.5 Å². The number of alkyl halides is 3. The SMILES string of the molecule is CCc1cc(Nc2ncc(Br)c(Nc3cnc4cccnc4c3P(C)(C)=O)n2)c(OC)cc1N1CCC(N2CCN(C)CC2)CC1.O=C(O)C(F)(F)F. The van der Waals surface area contributed by atoms with Gasteiger partial charge in [-0.15, -0.1) is 0 Å². The molecule has 0 spiro atoms. The Balaban J connectivity index is 0.000000705. The largest absolute Gasteiger partial charge is 0.494 e. The maximum Gasteiger partial charge on any atom is 0.490 e. The van der Waals surface area contributed by atoms with Crippen molar-refractivity contribution >= 4 is 74.2 Å². The van der Waals surface area contributed by atoms with Gasteiger partial charge in [0.05, 0.1) is 40.0 Å². The number of pyridine rings is 2. The van der Waals surface area contributed by atoms with Gasteiger partial charge in [-0.1, -0.05) is 6.92 Å². The summed E-state index contributed by atoms with van der Waals surface area (Å²) in [5.41, 5.74) is 5.18. The number of carbonyl (C=O) groups is 1. The first-order valence-electron chi connectivity index (χ1n) is 17.1. The van der Waals surface area contributed by atoms with Crippen molar-refractivity contribution in [3.05, 3.63) is 52.9 Å². The quantitative estimate of drug-likeness (QED) is 0.162. The van der Waals surface area contributed by atoms with Crippen LogP contribution in [0.4, 0.5) is 42.0 Å². The summed E-state index contributed by atoms with van der Waals surface area (Å²) in [6.07, 6.45) is 3.22. The molecule has 0 saturated carbocycles. The fraction of sp³-hybridized carbons (Fsp3) is 0.457. The summed E-state index contributed by atoms with van der Waals surface area (Å²) in [4.78, 5) is 34.9. The van der Waals surface area contributed by atoms with Crippen LogP contribution in [0.1, 0.15) is 25.3 Å². The molecule has 53 heavy (non-hydrogen) atoms. The molecule has 0 radical (unpaired) electrons. The van der Waals surface area contributed by atoms with Crippen molar-refractivity contribution in [1.29, 1.82) is 0 Å². The number of anilines is 5. The summed E-state index contributed by atoms with van der Waals surface area (Å²) in [5.74, 6) is -1.11. The highest BCUT2D eigenvalue weighted by Gasteiger charge is 2.38. The van der Waals surface area contributed by atoms with Crippen molar-refractivity contribution in [2.24, 2.45) is 0 Å². The molecule has 2 fully saturated rings. The van der Waals surface area contributed by atoms with Crippen LogP contribution in [0.5, 0.6) is 5.75 Å². The number of benzene rings is 1. The minimum absolute atomic E-state index is 0.399. The van der Waals surface area contributed by atoms with Gasteiger partial charge < -0.3 is 34.8 Å². The number of hydrogen-bond acceptors (Lipinski definition) is 12. The van der Waals surface area contributed by atoms with Crippen molar-refractivity contribution in [2.45, 2.75) is 38.4 Å². The lowest BCUT2D eigenvalue weighted by Gasteiger charge is -2.43. The molecule has 1 aromatic carbocycles. The smallest absolute Gasteiger partial charge is 0.490 e. The van der Waals surface area contributed by atoms with E-state index in [4.69, 9.17) is 19.6 Å². The number of carboxylic acids is 1. The van der Waals surface area contributed by atoms with E-state index in [-0.39, 0.29) is 0 Å². The lowest BCUT2D eigenvalue weighted by molar-refractivity contribution is -0.192. The summed E-state index contributed by atoms with van der Waals surface area (Å²) in [6, 6.07) is 8.66. The van der Waals surface area contributed by atoms with Crippen LogP contribution in [0.2, 0.25) is 0 Å². The number of aliphatic carboxylic acids is 1. The third-order valence-electron chi connectivity index (χ3n) is 9.26. The standard InChI is InChI=1S/C33H43BrN9O2P.C2HF3O2/c1-6-22-18-26(29(45-3)19-28(22)43-12-9-23(10-13-43)42-16-14-41(2)15-17-42)39-33-37-20-24(34)32(40-33)38-27-21-36-25-8-7-11-35-30(25)31(27)46(4,5)44;3-2(4,5)1(6)7/h7-8,11,18-21,23H,6,9-10,12-17H2,1-5H3,(H2,37,38,39,40);(H,6,7). The van der Waals surface area contributed by atoms with E-state index >= 15 is 0 Å². The van der Waals surface area contributed by atoms with E-state index in [9.17, 15) is 17.7 Å². The third kappa shape index (κ3) is 9.93. The summed E-state index contributed by atoms with van der Waals surface area (Å²) in [6.45, 7) is 12.4. The summed E-state index contributed by atoms with van der Waals surface area (Å²) >= 11 is 3.58. The number of nitrogens with one attached hydrogen (secondary N) is 2. The van der Waals surface area contributed by atoms with E-state index in [0.29, 0.717) is 44.3 Å². The number of aryl methyl sites for hydroxylation is 1. The van der Waals surface area contributed by atoms with Gasteiger partial charge in [-0.3, -0.25) is 14.9 Å². The summed E-state index contributed by atoms with van der Waals surface area (Å²) in [7, 11) is 1.18. The van der Waals surface area contributed by atoms with Gasteiger partial charge in [-0.05, 0) is 79.3 Å². The molecule has 6 rings (SSSR count). The predicted molar refractivity (Wildman–Crippen MR) is 205 cm³/mol. The zero-order valence-electron chi connectivity index (χ0n) is 30.2. The van der Waals surface area contributed by atoms with Crippen LogP contribution >= 0.6 is 23.1 Å². The van der Waals surface area contributed by atoms with E-state index in [1.165, 1.54) is 37.2 Å². The number of aromatic nitrogens is 4. The average molecular weight is 823 g/mol. The van der Waals surface area contributed by atoms with Gasteiger partial charge in [0.25, 0.3) is 0 Å². The number of piperidine rings is 1. The maximum absolute atomic E-state index is 13.4. The van der Waals surface area contributed by atoms with E-state index in [1.807, 2.05) is 12.1 Å². The second-order valence-electron chi connectivity index (χ2n) is 13.3. The van der Waals surface area contributed by atoms with Crippen LogP contribution in [0.3, 0.4) is 0 Å². The molecular weight excluding hydrogens is 778 g/mol. The highest BCUT2D eigenvalue weighted by molar-refractivity contribution is 9.10. The number of carboxylic acid groups (broad SMARTS) is 1. The average Bonchev–Trinajstić information content (AvgIpc) is 3.12. The van der Waals surface area contributed by atoms with Crippen molar-refractivity contribution in [1.82, 2.24) is 29.7 Å². The lowest BCUT2D eigenvalue weighted by Crippen LogP contribution is -2.52. The lowest BCUT2D eigenvalue weighted by atomic mass is 9.99. The zero-order valence-corrected chi connectivity index (χ0v) is 32.7. The molecule has 4 aromatic rings. The number of hydrogen-bond donors (Lipinski definition) is 3. The Morgan fingerprint density at radius 1 is 1.04 bits per heavy atom. The zero-order chi connectivity index (χ0) is 38.5. The molecular formula is C35H44BrF3N9O4P. The normalized spacial score (nSPS) is 16.2. The second-order valence-corrected chi connectivity index (χ2v) is 17.3. The first-order valence-corrected chi connectivity index (χ1v) is 20.5. The molecule has 0 unspecified atom stereocenters. The first-order chi connectivity index (χ1) is 25.1. The maximum atomic E-state index is 13.4. The Labute approximate surface area is 314 Å². The topological polar surface area (TPSA) is 149 Å². The number of piperazine rings is 1. The molecule has 0 amide bonds. The molecule has 5 heterocycles. The number of likely N-dealkylation sites (N-methyl/N-ethyl adjacent to an activating group) is 1. The second kappa shape index (κ2) is 17.0. The Kier molecular flexibility index (Phi) is 12.8. The Morgan fingerprint density at radius 2 is 1.72 bits per heavy atom. The number of fused-ring (bicyclic) bond motifs is 1. The number of halogens is 4. The van der Waals surface area contributed by atoms with Crippen LogP contribution in [0, 0.1) is 0 Å². The molecule has 2 saturated heterocycles. The van der Waals surface area contributed by atoms with Crippen molar-refractivity contribution in [3.63, 3.8) is 0 Å². The molecule has 0 atom stereocenters. The third-order valence-corrected chi connectivity index (χ3v) is 11.4. The van der Waals surface area contributed by atoms with Crippen LogP contribution in [0.15, 0.2) is 47.3 Å². The molecule has 3 N–H and O–H groups in total. The minimum Gasteiger partial charge on any atom is -0.494 e. The molecule has 0 bridgehead atoms.